The monoisotopic (exact) mass is 171 g/mol. The quantitative estimate of drug-likeness (QED) is 0.593. The maximum Gasteiger partial charge on any atom is 0.00923 e. The number of hydrogen-bond donors (Lipinski definition) is 0. The summed E-state index contributed by atoms with van der Waals surface area (Å²) in [6.07, 6.45) is 2.57. The molecule has 0 amide bonds. The average Bonchev–Trinajstić information content (AvgIpc) is 2.11. The number of nitrogens with zero attached hydrogens (tertiary/aromatic N) is 1. The third kappa shape index (κ3) is 3.57. The van der Waals surface area contributed by atoms with Gasteiger partial charge in [-0.2, -0.15) is 0 Å². The summed E-state index contributed by atoms with van der Waals surface area (Å²) in [6, 6.07) is 0.750. The van der Waals surface area contributed by atoms with Crippen LogP contribution in [0.5, 0.6) is 0 Å². The molecule has 0 aliphatic rings. The van der Waals surface area contributed by atoms with Gasteiger partial charge in [-0.25, -0.2) is 0 Å². The highest BCUT2D eigenvalue weighted by molar-refractivity contribution is 4.70. The molecule has 0 heterocycles. The molecule has 74 valence electrons. The lowest BCUT2D eigenvalue weighted by Gasteiger charge is -2.31. The molecule has 1 nitrogen and oxygen atoms in total. The fraction of sp³-hybridized carbons (Fsp3) is 1.00. The van der Waals surface area contributed by atoms with Gasteiger partial charge in [0.1, 0.15) is 0 Å². The first-order valence-corrected chi connectivity index (χ1v) is 5.41. The summed E-state index contributed by atoms with van der Waals surface area (Å²) in [5.74, 6) is 0.830. The Bertz CT molecular complexity index is 101. The van der Waals surface area contributed by atoms with Gasteiger partial charge in [-0.05, 0) is 32.4 Å². The zero-order chi connectivity index (χ0) is 9.56. The van der Waals surface area contributed by atoms with E-state index in [2.05, 4.69) is 39.5 Å². The van der Waals surface area contributed by atoms with Crippen molar-refractivity contribution in [3.63, 3.8) is 0 Å². The topological polar surface area (TPSA) is 3.24 Å². The summed E-state index contributed by atoms with van der Waals surface area (Å²) in [7, 11) is 0. The SMILES string of the molecule is CCCN(CC)[C@H](C)[C@@H](C)CC. The molecule has 0 N–H and O–H groups in total. The molecule has 0 aromatic carbocycles. The molecular formula is C11H25N. The molecule has 0 saturated carbocycles. The van der Waals surface area contributed by atoms with Crippen LogP contribution >= 0.6 is 0 Å². The summed E-state index contributed by atoms with van der Waals surface area (Å²) >= 11 is 0. The molecule has 1 heteroatoms. The molecule has 2 atom stereocenters. The van der Waals surface area contributed by atoms with Crippen LogP contribution in [-0.4, -0.2) is 24.0 Å². The Balaban J connectivity index is 3.91. The van der Waals surface area contributed by atoms with Gasteiger partial charge in [0, 0.05) is 6.04 Å². The van der Waals surface area contributed by atoms with Gasteiger partial charge in [-0.1, -0.05) is 34.1 Å². The van der Waals surface area contributed by atoms with Crippen LogP contribution < -0.4 is 0 Å². The highest BCUT2D eigenvalue weighted by Crippen LogP contribution is 2.13. The van der Waals surface area contributed by atoms with Gasteiger partial charge in [0.05, 0.1) is 0 Å². The van der Waals surface area contributed by atoms with Gasteiger partial charge in [-0.15, -0.1) is 0 Å². The standard InChI is InChI=1S/C11H25N/c1-6-9-12(8-3)11(5)10(4)7-2/h10-11H,6-9H2,1-5H3/t10-,11+/m0/s1. The molecule has 0 aromatic heterocycles. The van der Waals surface area contributed by atoms with E-state index in [9.17, 15) is 0 Å². The van der Waals surface area contributed by atoms with E-state index in [1.165, 1.54) is 25.9 Å². The van der Waals surface area contributed by atoms with Gasteiger partial charge in [0.25, 0.3) is 0 Å². The summed E-state index contributed by atoms with van der Waals surface area (Å²) in [4.78, 5) is 2.58. The van der Waals surface area contributed by atoms with E-state index in [1.807, 2.05) is 0 Å². The zero-order valence-electron chi connectivity index (χ0n) is 9.43. The smallest absolute Gasteiger partial charge is 0.00923 e. The van der Waals surface area contributed by atoms with Crippen molar-refractivity contribution in [3.05, 3.63) is 0 Å². The first-order chi connectivity index (χ1) is 5.67. The van der Waals surface area contributed by atoms with Crippen LogP contribution in [0.25, 0.3) is 0 Å². The van der Waals surface area contributed by atoms with Crippen LogP contribution in [0.15, 0.2) is 0 Å². The molecule has 0 fully saturated rings. The number of hydrogen-bond acceptors (Lipinski definition) is 1. The summed E-state index contributed by atoms with van der Waals surface area (Å²) in [5, 5.41) is 0. The molecule has 0 spiro atoms. The fourth-order valence-electron chi connectivity index (χ4n) is 1.64. The van der Waals surface area contributed by atoms with Crippen LogP contribution in [0.1, 0.15) is 47.5 Å². The highest BCUT2D eigenvalue weighted by atomic mass is 15.1. The molecule has 0 bridgehead atoms. The van der Waals surface area contributed by atoms with Crippen molar-refractivity contribution >= 4 is 0 Å². The molecule has 0 unspecified atom stereocenters. The van der Waals surface area contributed by atoms with E-state index < -0.39 is 0 Å². The third-order valence-corrected chi connectivity index (χ3v) is 2.96. The first kappa shape index (κ1) is 12.0. The van der Waals surface area contributed by atoms with Gasteiger partial charge < -0.3 is 4.90 Å². The minimum atomic E-state index is 0.750. The summed E-state index contributed by atoms with van der Waals surface area (Å²) in [6.45, 7) is 13.9. The van der Waals surface area contributed by atoms with E-state index in [0.29, 0.717) is 0 Å². The Kier molecular flexibility index (Phi) is 6.45. The molecule has 0 radical (unpaired) electrons. The lowest BCUT2D eigenvalue weighted by Crippen LogP contribution is -2.37. The molecule has 12 heavy (non-hydrogen) atoms. The van der Waals surface area contributed by atoms with E-state index in [1.54, 1.807) is 0 Å². The molecule has 0 rings (SSSR count). The van der Waals surface area contributed by atoms with E-state index in [-0.39, 0.29) is 0 Å². The predicted molar refractivity (Wildman–Crippen MR) is 56.5 cm³/mol. The largest absolute Gasteiger partial charge is 0.301 e. The Morgan fingerprint density at radius 1 is 1.08 bits per heavy atom. The lowest BCUT2D eigenvalue weighted by atomic mass is 9.99. The molecule has 0 aliphatic heterocycles. The molecular weight excluding hydrogens is 146 g/mol. The van der Waals surface area contributed by atoms with Crippen molar-refractivity contribution in [2.75, 3.05) is 13.1 Å². The Hall–Kier alpha value is -0.0400. The van der Waals surface area contributed by atoms with E-state index in [4.69, 9.17) is 0 Å². The van der Waals surface area contributed by atoms with Gasteiger partial charge in [-0.3, -0.25) is 0 Å². The Labute approximate surface area is 78.1 Å². The minimum absolute atomic E-state index is 0.750. The van der Waals surface area contributed by atoms with Crippen LogP contribution in [0.2, 0.25) is 0 Å². The Morgan fingerprint density at radius 3 is 2.00 bits per heavy atom. The van der Waals surface area contributed by atoms with Crippen molar-refractivity contribution in [2.24, 2.45) is 5.92 Å². The minimum Gasteiger partial charge on any atom is -0.301 e. The maximum atomic E-state index is 2.58. The first-order valence-electron chi connectivity index (χ1n) is 5.41. The second-order valence-corrected chi connectivity index (χ2v) is 3.75. The van der Waals surface area contributed by atoms with Crippen molar-refractivity contribution in [1.29, 1.82) is 0 Å². The second kappa shape index (κ2) is 6.47. The maximum absolute atomic E-state index is 2.58. The molecule has 0 saturated heterocycles. The lowest BCUT2D eigenvalue weighted by molar-refractivity contribution is 0.167. The van der Waals surface area contributed by atoms with Crippen LogP contribution in [-0.2, 0) is 0 Å². The van der Waals surface area contributed by atoms with E-state index in [0.717, 1.165) is 12.0 Å². The highest BCUT2D eigenvalue weighted by Gasteiger charge is 2.15. The number of rotatable bonds is 6. The summed E-state index contributed by atoms with van der Waals surface area (Å²) in [5.41, 5.74) is 0. The Morgan fingerprint density at radius 2 is 1.67 bits per heavy atom. The zero-order valence-corrected chi connectivity index (χ0v) is 9.43. The van der Waals surface area contributed by atoms with Crippen LogP contribution in [0, 0.1) is 5.92 Å². The van der Waals surface area contributed by atoms with Gasteiger partial charge in [0.15, 0.2) is 0 Å². The van der Waals surface area contributed by atoms with Crippen molar-refractivity contribution < 1.29 is 0 Å². The average molecular weight is 171 g/mol. The van der Waals surface area contributed by atoms with Crippen LogP contribution in [0.4, 0.5) is 0 Å². The molecule has 0 aliphatic carbocycles. The summed E-state index contributed by atoms with van der Waals surface area (Å²) < 4.78 is 0. The van der Waals surface area contributed by atoms with Gasteiger partial charge >= 0.3 is 0 Å². The predicted octanol–water partition coefficient (Wildman–Crippen LogP) is 3.15. The van der Waals surface area contributed by atoms with Gasteiger partial charge in [0.2, 0.25) is 0 Å². The van der Waals surface area contributed by atoms with Crippen molar-refractivity contribution in [1.82, 2.24) is 4.90 Å². The molecule has 0 aromatic rings. The van der Waals surface area contributed by atoms with Crippen molar-refractivity contribution in [2.45, 2.75) is 53.5 Å². The van der Waals surface area contributed by atoms with Crippen molar-refractivity contribution in [3.8, 4) is 0 Å². The third-order valence-electron chi connectivity index (χ3n) is 2.96. The second-order valence-electron chi connectivity index (χ2n) is 3.75. The normalized spacial score (nSPS) is 16.5. The van der Waals surface area contributed by atoms with E-state index >= 15 is 0 Å². The van der Waals surface area contributed by atoms with Crippen LogP contribution in [0.3, 0.4) is 0 Å². The fourth-order valence-corrected chi connectivity index (χ4v) is 1.64.